The van der Waals surface area contributed by atoms with Crippen molar-refractivity contribution >= 4 is 0 Å². The average Bonchev–Trinajstić information content (AvgIpc) is 2.77. The van der Waals surface area contributed by atoms with Crippen LogP contribution in [0.1, 0.15) is 39.5 Å². The van der Waals surface area contributed by atoms with E-state index in [0.717, 1.165) is 17.9 Å². The Morgan fingerprint density at radius 3 is 2.12 bits per heavy atom. The first kappa shape index (κ1) is 11.0. The summed E-state index contributed by atoms with van der Waals surface area (Å²) in [5.74, 6) is 1.94. The predicted octanol–water partition coefficient (Wildman–Crippen LogP) is 2.11. The third-order valence-electron chi connectivity index (χ3n) is 5.24. The molecular weight excluding hydrogens is 196 g/mol. The number of hydrogen-bond donors (Lipinski definition) is 1. The first-order valence-electron chi connectivity index (χ1n) is 7.09. The molecule has 2 nitrogen and oxygen atoms in total. The molecule has 0 aromatic heterocycles. The normalized spacial score (nSPS) is 40.1. The van der Waals surface area contributed by atoms with E-state index in [-0.39, 0.29) is 0 Å². The van der Waals surface area contributed by atoms with E-state index in [9.17, 15) is 0 Å². The van der Waals surface area contributed by atoms with Crippen LogP contribution >= 0.6 is 0 Å². The lowest BCUT2D eigenvalue weighted by Crippen LogP contribution is -2.39. The van der Waals surface area contributed by atoms with Crippen molar-refractivity contribution in [3.05, 3.63) is 0 Å². The number of hydrogen-bond acceptors (Lipinski definition) is 2. The van der Waals surface area contributed by atoms with E-state index in [0.29, 0.717) is 5.41 Å². The van der Waals surface area contributed by atoms with Gasteiger partial charge in [0.2, 0.25) is 0 Å². The minimum absolute atomic E-state index is 0.619. The summed E-state index contributed by atoms with van der Waals surface area (Å²) in [7, 11) is 0. The molecule has 2 heteroatoms. The van der Waals surface area contributed by atoms with E-state index in [1.54, 1.807) is 0 Å². The number of likely N-dealkylation sites (tertiary alicyclic amines) is 1. The van der Waals surface area contributed by atoms with Crippen LogP contribution in [0.5, 0.6) is 0 Å². The largest absolute Gasteiger partial charge is 0.316 e. The molecule has 1 saturated carbocycles. The van der Waals surface area contributed by atoms with E-state index in [1.807, 2.05) is 0 Å². The van der Waals surface area contributed by atoms with Crippen LogP contribution in [0.15, 0.2) is 0 Å². The average molecular weight is 222 g/mol. The van der Waals surface area contributed by atoms with Crippen molar-refractivity contribution in [1.82, 2.24) is 10.2 Å². The van der Waals surface area contributed by atoms with Gasteiger partial charge in [-0.05, 0) is 56.0 Å². The number of nitrogens with zero attached hydrogens (tertiary/aromatic N) is 1. The Morgan fingerprint density at radius 1 is 1.00 bits per heavy atom. The molecule has 1 aliphatic carbocycles. The fraction of sp³-hybridized carbons (Fsp3) is 1.00. The van der Waals surface area contributed by atoms with Gasteiger partial charge in [0.05, 0.1) is 0 Å². The molecule has 0 amide bonds. The molecule has 0 radical (unpaired) electrons. The van der Waals surface area contributed by atoms with Gasteiger partial charge in [0.15, 0.2) is 0 Å². The Balaban J connectivity index is 1.56. The highest BCUT2D eigenvalue weighted by Crippen LogP contribution is 2.39. The van der Waals surface area contributed by atoms with Gasteiger partial charge in [0.1, 0.15) is 0 Å². The summed E-state index contributed by atoms with van der Waals surface area (Å²) in [6.07, 6.45) is 5.75. The van der Waals surface area contributed by atoms with Crippen LogP contribution in [0.2, 0.25) is 0 Å². The molecule has 0 aromatic rings. The molecule has 3 fully saturated rings. The molecule has 1 N–H and O–H groups in total. The maximum Gasteiger partial charge on any atom is 0.00959 e. The second-order valence-corrected chi connectivity index (χ2v) is 7.03. The first-order chi connectivity index (χ1) is 7.64. The van der Waals surface area contributed by atoms with Gasteiger partial charge in [-0.1, -0.05) is 13.8 Å². The Kier molecular flexibility index (Phi) is 2.75. The summed E-state index contributed by atoms with van der Waals surface area (Å²) in [4.78, 5) is 2.81. The quantitative estimate of drug-likeness (QED) is 0.731. The molecule has 2 atom stereocenters. The van der Waals surface area contributed by atoms with E-state index in [4.69, 9.17) is 0 Å². The second-order valence-electron chi connectivity index (χ2n) is 7.03. The predicted molar refractivity (Wildman–Crippen MR) is 67.5 cm³/mol. The molecule has 92 valence electrons. The molecule has 2 unspecified atom stereocenters. The summed E-state index contributed by atoms with van der Waals surface area (Å²) in [5, 5.41) is 3.53. The lowest BCUT2D eigenvalue weighted by atomic mass is 9.75. The van der Waals surface area contributed by atoms with Crippen LogP contribution in [0.3, 0.4) is 0 Å². The minimum atomic E-state index is 0.619. The van der Waals surface area contributed by atoms with Crippen LogP contribution in [0.25, 0.3) is 0 Å². The van der Waals surface area contributed by atoms with Gasteiger partial charge < -0.3 is 5.32 Å². The zero-order valence-electron chi connectivity index (χ0n) is 10.8. The summed E-state index contributed by atoms with van der Waals surface area (Å²) in [6.45, 7) is 10.2. The van der Waals surface area contributed by atoms with Crippen molar-refractivity contribution in [2.75, 3.05) is 26.2 Å². The van der Waals surface area contributed by atoms with Gasteiger partial charge in [0.25, 0.3) is 0 Å². The van der Waals surface area contributed by atoms with Crippen molar-refractivity contribution in [3.8, 4) is 0 Å². The van der Waals surface area contributed by atoms with Gasteiger partial charge in [-0.3, -0.25) is 4.90 Å². The van der Waals surface area contributed by atoms with E-state index in [2.05, 4.69) is 24.1 Å². The monoisotopic (exact) mass is 222 g/mol. The Morgan fingerprint density at radius 2 is 1.56 bits per heavy atom. The molecule has 0 bridgehead atoms. The maximum atomic E-state index is 3.53. The standard InChI is InChI=1S/C14H26N2/c1-14(2)5-3-13(4-6-14)16-9-11-7-15-8-12(11)10-16/h11-13,15H,3-10H2,1-2H3. The van der Waals surface area contributed by atoms with Gasteiger partial charge in [-0.15, -0.1) is 0 Å². The van der Waals surface area contributed by atoms with E-state index < -0.39 is 0 Å². The van der Waals surface area contributed by atoms with Crippen LogP contribution < -0.4 is 5.32 Å². The summed E-state index contributed by atoms with van der Waals surface area (Å²) in [6, 6.07) is 0.915. The highest BCUT2D eigenvalue weighted by Gasteiger charge is 2.40. The molecule has 16 heavy (non-hydrogen) atoms. The van der Waals surface area contributed by atoms with Crippen molar-refractivity contribution in [1.29, 1.82) is 0 Å². The van der Waals surface area contributed by atoms with Gasteiger partial charge >= 0.3 is 0 Å². The highest BCUT2D eigenvalue weighted by atomic mass is 15.2. The summed E-state index contributed by atoms with van der Waals surface area (Å²) >= 11 is 0. The molecule has 2 saturated heterocycles. The van der Waals surface area contributed by atoms with Crippen molar-refractivity contribution in [2.45, 2.75) is 45.6 Å². The Labute approximate surface area is 99.8 Å². The third-order valence-corrected chi connectivity index (χ3v) is 5.24. The molecular formula is C14H26N2. The van der Waals surface area contributed by atoms with E-state index >= 15 is 0 Å². The zero-order chi connectivity index (χ0) is 11.2. The molecule has 3 rings (SSSR count). The van der Waals surface area contributed by atoms with E-state index in [1.165, 1.54) is 51.9 Å². The molecule has 3 aliphatic rings. The fourth-order valence-corrected chi connectivity index (χ4v) is 3.94. The Bertz CT molecular complexity index is 239. The third kappa shape index (κ3) is 2.02. The number of fused-ring (bicyclic) bond motifs is 1. The Hall–Kier alpha value is -0.0800. The fourth-order valence-electron chi connectivity index (χ4n) is 3.94. The topological polar surface area (TPSA) is 15.3 Å². The van der Waals surface area contributed by atoms with Crippen LogP contribution in [0.4, 0.5) is 0 Å². The molecule has 2 aliphatic heterocycles. The van der Waals surface area contributed by atoms with Crippen molar-refractivity contribution < 1.29 is 0 Å². The number of nitrogens with one attached hydrogen (secondary N) is 1. The first-order valence-corrected chi connectivity index (χ1v) is 7.09. The van der Waals surface area contributed by atoms with Crippen LogP contribution in [-0.4, -0.2) is 37.1 Å². The van der Waals surface area contributed by atoms with Crippen molar-refractivity contribution in [2.24, 2.45) is 17.3 Å². The SMILES string of the molecule is CC1(C)CCC(N2CC3CNCC3C2)CC1. The minimum Gasteiger partial charge on any atom is -0.316 e. The highest BCUT2D eigenvalue weighted by molar-refractivity contribution is 4.95. The second kappa shape index (κ2) is 3.99. The van der Waals surface area contributed by atoms with Crippen LogP contribution in [-0.2, 0) is 0 Å². The summed E-state index contributed by atoms with van der Waals surface area (Å²) in [5.41, 5.74) is 0.619. The summed E-state index contributed by atoms with van der Waals surface area (Å²) < 4.78 is 0. The van der Waals surface area contributed by atoms with Crippen LogP contribution in [0, 0.1) is 17.3 Å². The lowest BCUT2D eigenvalue weighted by molar-refractivity contribution is 0.120. The number of rotatable bonds is 1. The lowest BCUT2D eigenvalue weighted by Gasteiger charge is -2.39. The molecule has 2 heterocycles. The van der Waals surface area contributed by atoms with Crippen molar-refractivity contribution in [3.63, 3.8) is 0 Å². The van der Waals surface area contributed by atoms with Gasteiger partial charge in [-0.2, -0.15) is 0 Å². The van der Waals surface area contributed by atoms with Gasteiger partial charge in [-0.25, -0.2) is 0 Å². The van der Waals surface area contributed by atoms with Gasteiger partial charge in [0, 0.05) is 19.1 Å². The maximum absolute atomic E-state index is 3.53. The molecule has 0 aromatic carbocycles. The molecule has 0 spiro atoms. The smallest absolute Gasteiger partial charge is 0.00959 e. The zero-order valence-corrected chi connectivity index (χ0v) is 10.8.